The van der Waals surface area contributed by atoms with Crippen LogP contribution >= 0.6 is 0 Å². The molecule has 4 saturated heterocycles. The Hall–Kier alpha value is -1.83. The number of ketones is 1. The van der Waals surface area contributed by atoms with Crippen molar-refractivity contribution in [3.8, 4) is 0 Å². The molecule has 4 aliphatic heterocycles. The van der Waals surface area contributed by atoms with Crippen LogP contribution in [0.1, 0.15) is 10.4 Å². The second-order valence-corrected chi connectivity index (χ2v) is 7.01. The van der Waals surface area contributed by atoms with Gasteiger partial charge in [-0.25, -0.2) is 9.80 Å². The zero-order valence-corrected chi connectivity index (χ0v) is 12.4. The summed E-state index contributed by atoms with van der Waals surface area (Å²) in [5.41, 5.74) is -0.220. The highest BCUT2D eigenvalue weighted by Gasteiger charge is 2.64. The summed E-state index contributed by atoms with van der Waals surface area (Å²) in [6.45, 7) is 4.09. The molecule has 0 saturated carbocycles. The minimum absolute atomic E-state index is 0.0726. The van der Waals surface area contributed by atoms with Gasteiger partial charge in [-0.15, -0.1) is 0 Å². The monoisotopic (exact) mass is 303 g/mol. The van der Waals surface area contributed by atoms with Crippen molar-refractivity contribution < 1.29 is 14.2 Å². The Kier molecular flexibility index (Phi) is 2.87. The number of benzene rings is 1. The van der Waals surface area contributed by atoms with Gasteiger partial charge in [-0.1, -0.05) is 30.3 Å². The van der Waals surface area contributed by atoms with Crippen molar-refractivity contribution in [3.05, 3.63) is 46.0 Å². The zero-order valence-electron chi connectivity index (χ0n) is 12.4. The summed E-state index contributed by atoms with van der Waals surface area (Å²) < 4.78 is 0.495. The van der Waals surface area contributed by atoms with E-state index in [1.54, 1.807) is 0 Å². The number of quaternary nitrogens is 1. The van der Waals surface area contributed by atoms with E-state index in [-0.39, 0.29) is 10.7 Å². The second-order valence-electron chi connectivity index (χ2n) is 7.01. The highest BCUT2D eigenvalue weighted by atomic mass is 16.6. The summed E-state index contributed by atoms with van der Waals surface area (Å²) in [4.78, 5) is 28.3. The number of nitrogens with zero attached hydrogens (tertiary/aromatic N) is 4. The molecule has 0 aromatic heterocycles. The largest absolute Gasteiger partial charge is 0.295 e. The second kappa shape index (κ2) is 4.58. The molecule has 0 amide bonds. The van der Waals surface area contributed by atoms with Crippen LogP contribution in [0.5, 0.6) is 0 Å². The molecule has 116 valence electrons. The van der Waals surface area contributed by atoms with E-state index in [0.29, 0.717) is 36.2 Å². The molecule has 0 spiro atoms. The van der Waals surface area contributed by atoms with E-state index in [1.807, 2.05) is 30.3 Å². The van der Waals surface area contributed by atoms with Gasteiger partial charge >= 0.3 is 0 Å². The van der Waals surface area contributed by atoms with Crippen LogP contribution in [0.15, 0.2) is 30.3 Å². The third-order valence-electron chi connectivity index (χ3n) is 5.03. The minimum Gasteiger partial charge on any atom is -0.288 e. The van der Waals surface area contributed by atoms with Crippen LogP contribution in [0, 0.1) is 10.1 Å². The Morgan fingerprint density at radius 3 is 2.45 bits per heavy atom. The third kappa shape index (κ3) is 2.05. The first-order valence-electron chi connectivity index (χ1n) is 7.53. The number of carbonyl (C=O) groups is 1. The van der Waals surface area contributed by atoms with Crippen molar-refractivity contribution in [2.75, 3.05) is 46.2 Å². The number of nitro groups is 1. The lowest BCUT2D eigenvalue weighted by Gasteiger charge is -2.60. The van der Waals surface area contributed by atoms with E-state index in [1.165, 1.54) is 0 Å². The maximum atomic E-state index is 12.6. The fourth-order valence-electron chi connectivity index (χ4n) is 4.52. The first-order chi connectivity index (χ1) is 10.5. The summed E-state index contributed by atoms with van der Waals surface area (Å²) in [5, 5.41) is 11.6. The number of hydrogen-bond donors (Lipinski definition) is 0. The predicted octanol–water partition coefficient (Wildman–Crippen LogP) is 0.219. The van der Waals surface area contributed by atoms with Crippen LogP contribution in [0.4, 0.5) is 0 Å². The normalized spacial score (nSPS) is 38.9. The molecular formula is C15H19N4O3+. The summed E-state index contributed by atoms with van der Waals surface area (Å²) >= 11 is 0. The summed E-state index contributed by atoms with van der Waals surface area (Å²) in [6, 6.07) is 9.22. The summed E-state index contributed by atoms with van der Waals surface area (Å²) in [6.07, 6.45) is 0. The first-order valence-corrected chi connectivity index (χ1v) is 7.53. The van der Waals surface area contributed by atoms with Crippen molar-refractivity contribution in [2.45, 2.75) is 5.54 Å². The molecule has 7 nitrogen and oxygen atoms in total. The van der Waals surface area contributed by atoms with Crippen molar-refractivity contribution in [2.24, 2.45) is 0 Å². The smallest absolute Gasteiger partial charge is 0.288 e. The maximum absolute atomic E-state index is 12.6. The topological polar surface area (TPSA) is 66.7 Å². The van der Waals surface area contributed by atoms with Gasteiger partial charge in [0.25, 0.3) is 5.54 Å². The number of rotatable bonds is 4. The molecule has 0 aliphatic carbocycles. The molecule has 0 N–H and O–H groups in total. The van der Waals surface area contributed by atoms with Gasteiger partial charge in [-0.3, -0.25) is 19.4 Å². The van der Waals surface area contributed by atoms with E-state index in [0.717, 1.165) is 20.0 Å². The van der Waals surface area contributed by atoms with Crippen LogP contribution in [0.3, 0.4) is 0 Å². The van der Waals surface area contributed by atoms with Gasteiger partial charge in [-0.2, -0.15) is 0 Å². The number of Topliss-reactive ketones (excluding diaryl/α,β-unsaturated/α-hetero) is 1. The quantitative estimate of drug-likeness (QED) is 0.344. The Morgan fingerprint density at radius 2 is 1.86 bits per heavy atom. The first kappa shape index (κ1) is 13.8. The molecule has 4 aliphatic rings. The zero-order chi connectivity index (χ0) is 15.4. The standard InChI is InChI=1S/C15H19N4O3/c20-14(13-4-2-1-3-5-13)6-19-9-15(18(21)22)7-16(11-19)10-17(8-15)12-19/h1-5H,6-12H2/q+1. The van der Waals surface area contributed by atoms with Gasteiger partial charge in [0.15, 0.2) is 6.54 Å². The Balaban J connectivity index is 1.61. The fourth-order valence-corrected chi connectivity index (χ4v) is 4.52. The van der Waals surface area contributed by atoms with E-state index in [9.17, 15) is 14.9 Å². The summed E-state index contributed by atoms with van der Waals surface area (Å²) in [7, 11) is 0. The molecule has 1 aromatic rings. The number of hydrogen-bond acceptors (Lipinski definition) is 5. The van der Waals surface area contributed by atoms with Crippen molar-refractivity contribution in [1.82, 2.24) is 9.80 Å². The van der Waals surface area contributed by atoms with Crippen molar-refractivity contribution >= 4 is 5.78 Å². The molecule has 4 heterocycles. The SMILES string of the molecule is O=C(C[N+]12CN3CN(CC([N+](=O)[O-])(C3)C1)C2)c1ccccc1. The Morgan fingerprint density at radius 1 is 1.23 bits per heavy atom. The van der Waals surface area contributed by atoms with Gasteiger partial charge < -0.3 is 0 Å². The predicted molar refractivity (Wildman–Crippen MR) is 78.5 cm³/mol. The van der Waals surface area contributed by atoms with Gasteiger partial charge in [-0.05, 0) is 0 Å². The Labute approximate surface area is 128 Å². The van der Waals surface area contributed by atoms with Crippen LogP contribution in [0.25, 0.3) is 0 Å². The highest BCUT2D eigenvalue weighted by Crippen LogP contribution is 2.36. The van der Waals surface area contributed by atoms with E-state index < -0.39 is 5.54 Å². The molecule has 0 radical (unpaired) electrons. The lowest BCUT2D eigenvalue weighted by atomic mass is 9.89. The molecule has 1 aromatic carbocycles. The van der Waals surface area contributed by atoms with E-state index >= 15 is 0 Å². The van der Waals surface area contributed by atoms with E-state index in [2.05, 4.69) is 9.80 Å². The summed E-state index contributed by atoms with van der Waals surface area (Å²) in [5.74, 6) is 0.0726. The van der Waals surface area contributed by atoms with Crippen LogP contribution in [-0.4, -0.2) is 76.7 Å². The van der Waals surface area contributed by atoms with Crippen LogP contribution in [-0.2, 0) is 0 Å². The number of carbonyl (C=O) groups excluding carboxylic acids is 1. The fraction of sp³-hybridized carbons (Fsp3) is 0.533. The molecule has 4 bridgehead atoms. The molecule has 4 fully saturated rings. The lowest BCUT2D eigenvalue weighted by Crippen LogP contribution is -2.84. The average molecular weight is 303 g/mol. The van der Waals surface area contributed by atoms with Crippen LogP contribution in [0.2, 0.25) is 0 Å². The molecule has 2 atom stereocenters. The maximum Gasteiger partial charge on any atom is 0.295 e. The average Bonchev–Trinajstić information content (AvgIpc) is 2.46. The molecular weight excluding hydrogens is 284 g/mol. The highest BCUT2D eigenvalue weighted by molar-refractivity contribution is 5.96. The molecule has 5 rings (SSSR count). The third-order valence-corrected chi connectivity index (χ3v) is 5.03. The van der Waals surface area contributed by atoms with E-state index in [4.69, 9.17) is 0 Å². The van der Waals surface area contributed by atoms with Gasteiger partial charge in [0.1, 0.15) is 19.9 Å². The Bertz CT molecular complexity index is 619. The van der Waals surface area contributed by atoms with Crippen molar-refractivity contribution in [1.29, 1.82) is 0 Å². The van der Waals surface area contributed by atoms with Gasteiger partial charge in [0.2, 0.25) is 5.78 Å². The van der Waals surface area contributed by atoms with Gasteiger partial charge in [0.05, 0.1) is 19.8 Å². The van der Waals surface area contributed by atoms with Crippen molar-refractivity contribution in [3.63, 3.8) is 0 Å². The molecule has 7 heteroatoms. The molecule has 2 unspecified atom stereocenters. The lowest BCUT2D eigenvalue weighted by molar-refractivity contribution is -0.978. The molecule has 22 heavy (non-hydrogen) atoms. The van der Waals surface area contributed by atoms with Crippen LogP contribution < -0.4 is 0 Å². The minimum atomic E-state index is -0.911. The van der Waals surface area contributed by atoms with Gasteiger partial charge in [0, 0.05) is 10.5 Å².